The summed E-state index contributed by atoms with van der Waals surface area (Å²) in [6.07, 6.45) is 1.50. The second-order valence-corrected chi connectivity index (χ2v) is 7.56. The predicted molar refractivity (Wildman–Crippen MR) is 116 cm³/mol. The van der Waals surface area contributed by atoms with Crippen LogP contribution in [0.3, 0.4) is 0 Å². The zero-order valence-electron chi connectivity index (χ0n) is 17.3. The van der Waals surface area contributed by atoms with Crippen molar-refractivity contribution in [1.82, 2.24) is 9.88 Å². The summed E-state index contributed by atoms with van der Waals surface area (Å²) in [4.78, 5) is 36.2. The number of carbonyl (C=O) groups is 2. The van der Waals surface area contributed by atoms with E-state index in [-0.39, 0.29) is 28.7 Å². The van der Waals surface area contributed by atoms with E-state index in [2.05, 4.69) is 5.32 Å². The van der Waals surface area contributed by atoms with Crippen molar-refractivity contribution >= 4 is 23.2 Å². The van der Waals surface area contributed by atoms with Gasteiger partial charge in [0.15, 0.2) is 11.5 Å². The molecule has 0 saturated carbocycles. The van der Waals surface area contributed by atoms with E-state index in [0.717, 1.165) is 16.9 Å². The van der Waals surface area contributed by atoms with Gasteiger partial charge in [-0.15, -0.1) is 0 Å². The number of aromatic nitrogens is 1. The maximum atomic E-state index is 12.5. The molecular weight excluding hydrogens is 420 g/mol. The number of hydrogen-bond donors (Lipinski definition) is 1. The first-order valence-corrected chi connectivity index (χ1v) is 10.2. The number of hydrogen-bond acceptors (Lipinski definition) is 7. The van der Waals surface area contributed by atoms with E-state index in [9.17, 15) is 14.4 Å². The van der Waals surface area contributed by atoms with Crippen LogP contribution in [0.2, 0.25) is 0 Å². The van der Waals surface area contributed by atoms with Gasteiger partial charge in [0, 0.05) is 25.2 Å². The van der Waals surface area contributed by atoms with E-state index in [0.29, 0.717) is 22.8 Å². The lowest BCUT2D eigenvalue weighted by Gasteiger charge is -2.10. The van der Waals surface area contributed by atoms with Crippen molar-refractivity contribution in [1.29, 1.82) is 0 Å². The molecule has 1 amide bonds. The first-order chi connectivity index (χ1) is 14.9. The number of nitrogens with one attached hydrogen (secondary N) is 1. The molecule has 3 aromatic rings. The highest BCUT2D eigenvalue weighted by molar-refractivity contribution is 7.11. The van der Waals surface area contributed by atoms with Gasteiger partial charge in [-0.1, -0.05) is 35.6 Å². The van der Waals surface area contributed by atoms with Crippen LogP contribution in [0.4, 0.5) is 0 Å². The van der Waals surface area contributed by atoms with E-state index < -0.39 is 5.97 Å². The molecule has 0 aliphatic carbocycles. The largest absolute Gasteiger partial charge is 0.493 e. The maximum absolute atomic E-state index is 12.5. The molecule has 0 bridgehead atoms. The smallest absolute Gasteiger partial charge is 0.308 e. The lowest BCUT2D eigenvalue weighted by atomic mass is 10.2. The average Bonchev–Trinajstić information content (AvgIpc) is 3.13. The SMILES string of the molecule is COc1ccc(CNC(=O)c2cn(Cc3ccccc3OC(C)=O)c(=O)s2)cc1OC. The van der Waals surface area contributed by atoms with Gasteiger partial charge in [0.2, 0.25) is 0 Å². The summed E-state index contributed by atoms with van der Waals surface area (Å²) < 4.78 is 17.1. The molecule has 8 nitrogen and oxygen atoms in total. The van der Waals surface area contributed by atoms with Gasteiger partial charge in [-0.25, -0.2) is 0 Å². The van der Waals surface area contributed by atoms with Gasteiger partial charge in [-0.05, 0) is 23.8 Å². The van der Waals surface area contributed by atoms with Gasteiger partial charge in [0.05, 0.1) is 20.8 Å². The van der Waals surface area contributed by atoms with Gasteiger partial charge in [-0.3, -0.25) is 14.4 Å². The van der Waals surface area contributed by atoms with E-state index in [1.807, 2.05) is 6.07 Å². The standard InChI is InChI=1S/C22H22N2O6S/c1-14(25)30-17-7-5-4-6-16(17)12-24-13-20(31-22(24)27)21(26)23-11-15-8-9-18(28-2)19(10-15)29-3/h4-10,13H,11-12H2,1-3H3,(H,23,26). The van der Waals surface area contributed by atoms with Crippen LogP contribution < -0.4 is 24.4 Å². The van der Waals surface area contributed by atoms with Crippen LogP contribution >= 0.6 is 11.3 Å². The fourth-order valence-electron chi connectivity index (χ4n) is 2.92. The third-order valence-corrected chi connectivity index (χ3v) is 5.32. The maximum Gasteiger partial charge on any atom is 0.308 e. The molecule has 9 heteroatoms. The molecule has 1 N–H and O–H groups in total. The van der Waals surface area contributed by atoms with Crippen LogP contribution in [0.15, 0.2) is 53.5 Å². The molecule has 2 aromatic carbocycles. The zero-order chi connectivity index (χ0) is 22.4. The van der Waals surface area contributed by atoms with Crippen LogP contribution in [0.25, 0.3) is 0 Å². The summed E-state index contributed by atoms with van der Waals surface area (Å²) in [5.74, 6) is 0.746. The van der Waals surface area contributed by atoms with E-state index in [1.165, 1.54) is 17.7 Å². The molecule has 1 aromatic heterocycles. The molecular formula is C22H22N2O6S. The Balaban J connectivity index is 1.70. The number of esters is 1. The molecule has 0 radical (unpaired) electrons. The molecule has 0 atom stereocenters. The Hall–Kier alpha value is -3.59. The summed E-state index contributed by atoms with van der Waals surface area (Å²) in [5, 5.41) is 2.80. The fourth-order valence-corrected chi connectivity index (χ4v) is 3.69. The number of methoxy groups -OCH3 is 2. The van der Waals surface area contributed by atoms with Gasteiger partial charge >= 0.3 is 10.8 Å². The van der Waals surface area contributed by atoms with Gasteiger partial charge < -0.3 is 24.1 Å². The van der Waals surface area contributed by atoms with Gasteiger partial charge in [0.1, 0.15) is 10.6 Å². The van der Waals surface area contributed by atoms with Crippen LogP contribution in [-0.2, 0) is 17.9 Å². The molecule has 0 saturated heterocycles. The number of benzene rings is 2. The molecule has 0 fully saturated rings. The van der Waals surface area contributed by atoms with Gasteiger partial charge in [-0.2, -0.15) is 0 Å². The Kier molecular flexibility index (Phi) is 7.09. The highest BCUT2D eigenvalue weighted by Gasteiger charge is 2.14. The Morgan fingerprint density at radius 1 is 1.03 bits per heavy atom. The Morgan fingerprint density at radius 2 is 1.77 bits per heavy atom. The number of rotatable bonds is 8. The Labute approximate surface area is 183 Å². The second kappa shape index (κ2) is 9.94. The molecule has 1 heterocycles. The molecule has 0 aliphatic heterocycles. The number of nitrogens with zero attached hydrogens (tertiary/aromatic N) is 1. The molecule has 31 heavy (non-hydrogen) atoms. The summed E-state index contributed by atoms with van der Waals surface area (Å²) in [6, 6.07) is 12.3. The number of amides is 1. The zero-order valence-corrected chi connectivity index (χ0v) is 18.2. The van der Waals surface area contributed by atoms with E-state index >= 15 is 0 Å². The van der Waals surface area contributed by atoms with Crippen molar-refractivity contribution in [2.45, 2.75) is 20.0 Å². The second-order valence-electron chi connectivity index (χ2n) is 6.56. The van der Waals surface area contributed by atoms with E-state index in [1.54, 1.807) is 50.6 Å². The van der Waals surface area contributed by atoms with Crippen LogP contribution in [0.1, 0.15) is 27.7 Å². The summed E-state index contributed by atoms with van der Waals surface area (Å²) in [5.41, 5.74) is 1.49. The number of ether oxygens (including phenoxy) is 3. The average molecular weight is 442 g/mol. The van der Waals surface area contributed by atoms with Crippen molar-refractivity contribution in [2.24, 2.45) is 0 Å². The lowest BCUT2D eigenvalue weighted by Crippen LogP contribution is -2.22. The van der Waals surface area contributed by atoms with Crippen molar-refractivity contribution in [3.05, 3.63) is 74.3 Å². The molecule has 3 rings (SSSR count). The predicted octanol–water partition coefficient (Wildman–Crippen LogP) is 2.83. The highest BCUT2D eigenvalue weighted by Crippen LogP contribution is 2.27. The number of thiazole rings is 1. The number of carbonyl (C=O) groups excluding carboxylic acids is 2. The van der Waals surface area contributed by atoms with Gasteiger partial charge in [0.25, 0.3) is 5.91 Å². The normalized spacial score (nSPS) is 10.4. The monoisotopic (exact) mass is 442 g/mol. The minimum Gasteiger partial charge on any atom is -0.493 e. The minimum absolute atomic E-state index is 0.182. The topological polar surface area (TPSA) is 95.9 Å². The van der Waals surface area contributed by atoms with E-state index in [4.69, 9.17) is 14.2 Å². The first kappa shape index (κ1) is 22.1. The van der Waals surface area contributed by atoms with Crippen LogP contribution in [0.5, 0.6) is 17.2 Å². The quantitative estimate of drug-likeness (QED) is 0.426. The van der Waals surface area contributed by atoms with Crippen LogP contribution in [-0.4, -0.2) is 30.7 Å². The Morgan fingerprint density at radius 3 is 2.48 bits per heavy atom. The molecule has 0 aliphatic rings. The molecule has 162 valence electrons. The summed E-state index contributed by atoms with van der Waals surface area (Å²) in [6.45, 7) is 1.76. The molecule has 0 unspecified atom stereocenters. The lowest BCUT2D eigenvalue weighted by molar-refractivity contribution is -0.131. The third-order valence-electron chi connectivity index (χ3n) is 4.40. The fraction of sp³-hybridized carbons (Fsp3) is 0.227. The Bertz CT molecular complexity index is 1150. The van der Waals surface area contributed by atoms with Crippen molar-refractivity contribution < 1.29 is 23.8 Å². The third kappa shape index (κ3) is 5.52. The summed E-state index contributed by atoms with van der Waals surface area (Å²) in [7, 11) is 3.09. The number of para-hydroxylation sites is 1. The summed E-state index contributed by atoms with van der Waals surface area (Å²) >= 11 is 0.853. The highest BCUT2D eigenvalue weighted by atomic mass is 32.1. The van der Waals surface area contributed by atoms with Crippen molar-refractivity contribution in [2.75, 3.05) is 14.2 Å². The molecule has 0 spiro atoms. The minimum atomic E-state index is -0.444. The van der Waals surface area contributed by atoms with Crippen LogP contribution in [0, 0.1) is 0 Å². The van der Waals surface area contributed by atoms with Crippen molar-refractivity contribution in [3.63, 3.8) is 0 Å². The van der Waals surface area contributed by atoms with Crippen molar-refractivity contribution in [3.8, 4) is 17.2 Å². The first-order valence-electron chi connectivity index (χ1n) is 9.37.